The highest BCUT2D eigenvalue weighted by atomic mass is 15.2. The van der Waals surface area contributed by atoms with E-state index in [1.807, 2.05) is 0 Å². The Balaban J connectivity index is 2.34. The van der Waals surface area contributed by atoms with Gasteiger partial charge in [0.25, 0.3) is 0 Å². The maximum Gasteiger partial charge on any atom is 0.0108 e. The van der Waals surface area contributed by atoms with Gasteiger partial charge in [0, 0.05) is 25.7 Å². The van der Waals surface area contributed by atoms with Crippen molar-refractivity contribution in [1.29, 1.82) is 0 Å². The molecule has 1 heterocycles. The van der Waals surface area contributed by atoms with Crippen molar-refractivity contribution in [1.82, 2.24) is 4.90 Å². The Bertz CT molecular complexity index is 114. The molecule has 0 amide bonds. The highest BCUT2D eigenvalue weighted by Gasteiger charge is 2.21. The molecule has 0 aliphatic carbocycles. The van der Waals surface area contributed by atoms with Crippen LogP contribution in [0.3, 0.4) is 0 Å². The van der Waals surface area contributed by atoms with Crippen molar-refractivity contribution < 1.29 is 0 Å². The summed E-state index contributed by atoms with van der Waals surface area (Å²) in [6.45, 7) is 7.76. The second-order valence-corrected chi connectivity index (χ2v) is 3.82. The van der Waals surface area contributed by atoms with Crippen molar-refractivity contribution >= 4 is 0 Å². The predicted molar refractivity (Wildman–Crippen MR) is 48.5 cm³/mol. The number of hydrogen-bond donors (Lipinski definition) is 1. The molecule has 0 aromatic rings. The molecule has 2 N–H and O–H groups in total. The molecule has 0 spiro atoms. The van der Waals surface area contributed by atoms with Gasteiger partial charge in [-0.1, -0.05) is 6.92 Å². The van der Waals surface area contributed by atoms with Gasteiger partial charge in [-0.2, -0.15) is 0 Å². The molecule has 11 heavy (non-hydrogen) atoms. The van der Waals surface area contributed by atoms with E-state index in [1.54, 1.807) is 0 Å². The molecule has 0 bridgehead atoms. The third-order valence-electron chi connectivity index (χ3n) is 2.66. The standard InChI is InChI=1S/C9H20N2/c1-8-3-4-9(2)11(7-8)6-5-10/h8-9H,3-7,10H2,1-2H3/t8-,9+/m1/s1. The number of piperidine rings is 1. The van der Waals surface area contributed by atoms with Gasteiger partial charge < -0.3 is 5.73 Å². The first-order valence-corrected chi connectivity index (χ1v) is 4.68. The minimum atomic E-state index is 0.759. The minimum absolute atomic E-state index is 0.759. The van der Waals surface area contributed by atoms with Crippen LogP contribution in [0.4, 0.5) is 0 Å². The lowest BCUT2D eigenvalue weighted by molar-refractivity contribution is 0.129. The van der Waals surface area contributed by atoms with Gasteiger partial charge in [0.15, 0.2) is 0 Å². The quantitative estimate of drug-likeness (QED) is 0.648. The van der Waals surface area contributed by atoms with Crippen LogP contribution in [0.1, 0.15) is 26.7 Å². The van der Waals surface area contributed by atoms with Crippen LogP contribution in [0, 0.1) is 5.92 Å². The van der Waals surface area contributed by atoms with Crippen molar-refractivity contribution in [3.8, 4) is 0 Å². The predicted octanol–water partition coefficient (Wildman–Crippen LogP) is 1.07. The highest BCUT2D eigenvalue weighted by Crippen LogP contribution is 2.20. The van der Waals surface area contributed by atoms with Crippen LogP contribution in [-0.2, 0) is 0 Å². The topological polar surface area (TPSA) is 29.3 Å². The van der Waals surface area contributed by atoms with Gasteiger partial charge in [0.05, 0.1) is 0 Å². The van der Waals surface area contributed by atoms with Crippen LogP contribution in [-0.4, -0.2) is 30.6 Å². The summed E-state index contributed by atoms with van der Waals surface area (Å²) in [6, 6.07) is 0.759. The van der Waals surface area contributed by atoms with E-state index >= 15 is 0 Å². The first-order valence-electron chi connectivity index (χ1n) is 4.68. The first kappa shape index (κ1) is 9.01. The molecule has 66 valence electrons. The SMILES string of the molecule is C[C@@H]1CC[C@H](C)N(CCN)C1. The van der Waals surface area contributed by atoms with Crippen LogP contribution in [0.25, 0.3) is 0 Å². The fourth-order valence-corrected chi connectivity index (χ4v) is 1.86. The van der Waals surface area contributed by atoms with Crippen LogP contribution in [0.5, 0.6) is 0 Å². The second-order valence-electron chi connectivity index (χ2n) is 3.82. The van der Waals surface area contributed by atoms with E-state index in [2.05, 4.69) is 18.7 Å². The molecule has 1 fully saturated rings. The Morgan fingerprint density at radius 2 is 2.09 bits per heavy atom. The Hall–Kier alpha value is -0.0800. The summed E-state index contributed by atoms with van der Waals surface area (Å²) < 4.78 is 0. The fourth-order valence-electron chi connectivity index (χ4n) is 1.86. The molecule has 2 nitrogen and oxygen atoms in total. The van der Waals surface area contributed by atoms with E-state index in [1.165, 1.54) is 19.4 Å². The summed E-state index contributed by atoms with van der Waals surface area (Å²) >= 11 is 0. The van der Waals surface area contributed by atoms with E-state index in [9.17, 15) is 0 Å². The van der Waals surface area contributed by atoms with Gasteiger partial charge >= 0.3 is 0 Å². The molecule has 0 radical (unpaired) electrons. The molecular weight excluding hydrogens is 136 g/mol. The lowest BCUT2D eigenvalue weighted by atomic mass is 9.95. The third-order valence-corrected chi connectivity index (χ3v) is 2.66. The van der Waals surface area contributed by atoms with Gasteiger partial charge in [-0.15, -0.1) is 0 Å². The molecule has 1 aliphatic heterocycles. The monoisotopic (exact) mass is 156 g/mol. The first-order chi connectivity index (χ1) is 5.24. The Morgan fingerprint density at radius 3 is 2.73 bits per heavy atom. The van der Waals surface area contributed by atoms with Gasteiger partial charge in [-0.25, -0.2) is 0 Å². The number of nitrogens with two attached hydrogens (primary N) is 1. The van der Waals surface area contributed by atoms with Gasteiger partial charge in [0.1, 0.15) is 0 Å². The van der Waals surface area contributed by atoms with Gasteiger partial charge in [-0.05, 0) is 25.7 Å². The van der Waals surface area contributed by atoms with Crippen LogP contribution >= 0.6 is 0 Å². The van der Waals surface area contributed by atoms with E-state index in [4.69, 9.17) is 5.73 Å². The van der Waals surface area contributed by atoms with Crippen molar-refractivity contribution in [3.63, 3.8) is 0 Å². The fraction of sp³-hybridized carbons (Fsp3) is 1.00. The highest BCUT2D eigenvalue weighted by molar-refractivity contribution is 4.76. The van der Waals surface area contributed by atoms with Crippen molar-refractivity contribution in [2.24, 2.45) is 11.7 Å². The Kier molecular flexibility index (Phi) is 3.34. The number of nitrogens with zero attached hydrogens (tertiary/aromatic N) is 1. The summed E-state index contributed by atoms with van der Waals surface area (Å²) in [4.78, 5) is 2.51. The largest absolute Gasteiger partial charge is 0.329 e. The zero-order valence-corrected chi connectivity index (χ0v) is 7.71. The normalized spacial score (nSPS) is 34.1. The Labute approximate surface area is 69.8 Å². The summed E-state index contributed by atoms with van der Waals surface area (Å²) in [5, 5.41) is 0. The van der Waals surface area contributed by atoms with E-state index in [-0.39, 0.29) is 0 Å². The van der Waals surface area contributed by atoms with Crippen molar-refractivity contribution in [2.75, 3.05) is 19.6 Å². The minimum Gasteiger partial charge on any atom is -0.329 e. The molecule has 2 heteroatoms. The molecule has 0 aromatic heterocycles. The lowest BCUT2D eigenvalue weighted by Gasteiger charge is -2.36. The number of rotatable bonds is 2. The maximum atomic E-state index is 5.53. The lowest BCUT2D eigenvalue weighted by Crippen LogP contribution is -2.43. The number of hydrogen-bond acceptors (Lipinski definition) is 2. The zero-order chi connectivity index (χ0) is 8.27. The second kappa shape index (κ2) is 4.07. The average molecular weight is 156 g/mol. The van der Waals surface area contributed by atoms with Gasteiger partial charge in [0.2, 0.25) is 0 Å². The molecule has 1 saturated heterocycles. The third kappa shape index (κ3) is 2.46. The summed E-state index contributed by atoms with van der Waals surface area (Å²) in [5.41, 5.74) is 5.53. The smallest absolute Gasteiger partial charge is 0.0108 e. The van der Waals surface area contributed by atoms with Crippen LogP contribution < -0.4 is 5.73 Å². The molecule has 0 aromatic carbocycles. The zero-order valence-electron chi connectivity index (χ0n) is 7.71. The summed E-state index contributed by atoms with van der Waals surface area (Å²) in [7, 11) is 0. The van der Waals surface area contributed by atoms with E-state index in [0.717, 1.165) is 25.0 Å². The van der Waals surface area contributed by atoms with Crippen molar-refractivity contribution in [2.45, 2.75) is 32.7 Å². The van der Waals surface area contributed by atoms with Crippen molar-refractivity contribution in [3.05, 3.63) is 0 Å². The maximum absolute atomic E-state index is 5.53. The molecule has 0 unspecified atom stereocenters. The van der Waals surface area contributed by atoms with Gasteiger partial charge in [-0.3, -0.25) is 4.90 Å². The molecule has 1 rings (SSSR count). The molecule has 2 atom stereocenters. The molecule has 0 saturated carbocycles. The summed E-state index contributed by atoms with van der Waals surface area (Å²) in [5.74, 6) is 0.873. The van der Waals surface area contributed by atoms with E-state index < -0.39 is 0 Å². The number of likely N-dealkylation sites (tertiary alicyclic amines) is 1. The molecule has 1 aliphatic rings. The molecular formula is C9H20N2. The Morgan fingerprint density at radius 1 is 1.36 bits per heavy atom. The summed E-state index contributed by atoms with van der Waals surface area (Å²) in [6.07, 6.45) is 2.74. The van der Waals surface area contributed by atoms with Crippen LogP contribution in [0.2, 0.25) is 0 Å². The average Bonchev–Trinajstić information content (AvgIpc) is 1.98. The van der Waals surface area contributed by atoms with Crippen LogP contribution in [0.15, 0.2) is 0 Å². The van der Waals surface area contributed by atoms with E-state index in [0.29, 0.717) is 0 Å².